The normalized spacial score (nSPS) is 10.1. The van der Waals surface area contributed by atoms with Crippen molar-refractivity contribution < 1.29 is 9.59 Å². The van der Waals surface area contributed by atoms with E-state index in [0.29, 0.717) is 13.1 Å². The number of carbonyl (C=O) groups is 2. The molecule has 0 aliphatic heterocycles. The molecular weight excluding hydrogens is 218 g/mol. The number of nitrogens with one attached hydrogen (secondary N) is 2. The predicted molar refractivity (Wildman–Crippen MR) is 68.8 cm³/mol. The van der Waals surface area contributed by atoms with Crippen molar-refractivity contribution in [1.82, 2.24) is 15.5 Å². The first-order chi connectivity index (χ1) is 7.99. The minimum atomic E-state index is -0.428. The molecule has 5 heteroatoms. The number of hydrogen-bond donors (Lipinski definition) is 2. The van der Waals surface area contributed by atoms with E-state index in [-0.39, 0.29) is 12.5 Å². The number of rotatable bonds is 7. The van der Waals surface area contributed by atoms with Crippen LogP contribution in [0.4, 0.5) is 4.79 Å². The molecule has 0 aromatic carbocycles. The third-order valence-electron chi connectivity index (χ3n) is 2.10. The summed E-state index contributed by atoms with van der Waals surface area (Å²) in [7, 11) is 0. The lowest BCUT2D eigenvalue weighted by Gasteiger charge is -2.19. The molecule has 0 heterocycles. The van der Waals surface area contributed by atoms with E-state index < -0.39 is 6.03 Å². The summed E-state index contributed by atoms with van der Waals surface area (Å²) in [5.74, 6) is -0.290. The highest BCUT2D eigenvalue weighted by Gasteiger charge is 2.11. The molecule has 0 aliphatic rings. The minimum absolute atomic E-state index is 0.211. The molecule has 0 aromatic heterocycles. The van der Waals surface area contributed by atoms with Crippen molar-refractivity contribution in [3.05, 3.63) is 12.2 Å². The first kappa shape index (κ1) is 15.6. The Labute approximate surface area is 103 Å². The van der Waals surface area contributed by atoms with Crippen LogP contribution in [0.5, 0.6) is 0 Å². The third-order valence-corrected chi connectivity index (χ3v) is 2.10. The predicted octanol–water partition coefficient (Wildman–Crippen LogP) is 1.12. The molecule has 0 saturated carbocycles. The number of urea groups is 1. The number of hydrogen-bond acceptors (Lipinski definition) is 3. The molecule has 5 nitrogen and oxygen atoms in total. The van der Waals surface area contributed by atoms with Crippen molar-refractivity contribution in [3.63, 3.8) is 0 Å². The maximum Gasteiger partial charge on any atom is 0.321 e. The Morgan fingerprint density at radius 1 is 1.24 bits per heavy atom. The van der Waals surface area contributed by atoms with Gasteiger partial charge < -0.3 is 5.32 Å². The molecular formula is C12H23N3O2. The van der Waals surface area contributed by atoms with Gasteiger partial charge in [-0.05, 0) is 19.9 Å². The van der Waals surface area contributed by atoms with Crippen LogP contribution in [0.1, 0.15) is 27.2 Å². The quantitative estimate of drug-likeness (QED) is 0.657. The van der Waals surface area contributed by atoms with Crippen LogP contribution in [0.25, 0.3) is 0 Å². The molecule has 0 bridgehead atoms. The van der Waals surface area contributed by atoms with Gasteiger partial charge in [0.15, 0.2) is 0 Å². The van der Waals surface area contributed by atoms with Crippen LogP contribution < -0.4 is 10.6 Å². The zero-order chi connectivity index (χ0) is 13.3. The van der Waals surface area contributed by atoms with E-state index >= 15 is 0 Å². The van der Waals surface area contributed by atoms with Crippen molar-refractivity contribution in [2.75, 3.05) is 26.2 Å². The largest absolute Gasteiger partial charge is 0.338 e. The van der Waals surface area contributed by atoms with Crippen LogP contribution in [0.3, 0.4) is 0 Å². The summed E-state index contributed by atoms with van der Waals surface area (Å²) in [5, 5.41) is 4.88. The van der Waals surface area contributed by atoms with Crippen LogP contribution in [0.2, 0.25) is 0 Å². The summed E-state index contributed by atoms with van der Waals surface area (Å²) >= 11 is 0. The standard InChI is InChI=1S/C12H23N3O2/c1-5-7-13-12(17)14-11(16)9-15(6-2)8-10(3)4/h3,5-9H2,1-2,4H3,(H2,13,14,16,17). The highest BCUT2D eigenvalue weighted by atomic mass is 16.2. The summed E-state index contributed by atoms with van der Waals surface area (Å²) in [4.78, 5) is 24.7. The van der Waals surface area contributed by atoms with Gasteiger partial charge >= 0.3 is 6.03 Å². The van der Waals surface area contributed by atoms with Gasteiger partial charge in [-0.15, -0.1) is 0 Å². The van der Waals surface area contributed by atoms with Crippen LogP contribution >= 0.6 is 0 Å². The van der Waals surface area contributed by atoms with E-state index in [1.807, 2.05) is 25.7 Å². The molecule has 0 rings (SSSR count). The molecule has 98 valence electrons. The van der Waals surface area contributed by atoms with Crippen molar-refractivity contribution in [1.29, 1.82) is 0 Å². The van der Waals surface area contributed by atoms with E-state index in [1.165, 1.54) is 0 Å². The molecule has 2 N–H and O–H groups in total. The van der Waals surface area contributed by atoms with Gasteiger partial charge in [0, 0.05) is 13.1 Å². The molecule has 0 radical (unpaired) electrons. The molecule has 0 saturated heterocycles. The maximum absolute atomic E-state index is 11.5. The van der Waals surface area contributed by atoms with E-state index in [2.05, 4.69) is 17.2 Å². The summed E-state index contributed by atoms with van der Waals surface area (Å²) in [6.07, 6.45) is 0.846. The zero-order valence-electron chi connectivity index (χ0n) is 11.0. The number of likely N-dealkylation sites (N-methyl/N-ethyl adjacent to an activating group) is 1. The second-order valence-electron chi connectivity index (χ2n) is 4.06. The van der Waals surface area contributed by atoms with Gasteiger partial charge in [-0.25, -0.2) is 4.79 Å². The van der Waals surface area contributed by atoms with Gasteiger partial charge in [0.1, 0.15) is 0 Å². The lowest BCUT2D eigenvalue weighted by molar-refractivity contribution is -0.121. The van der Waals surface area contributed by atoms with Crippen LogP contribution in [-0.2, 0) is 4.79 Å². The van der Waals surface area contributed by atoms with Crippen LogP contribution in [0.15, 0.2) is 12.2 Å². The van der Waals surface area contributed by atoms with Crippen molar-refractivity contribution in [3.8, 4) is 0 Å². The number of imide groups is 1. The van der Waals surface area contributed by atoms with E-state index in [9.17, 15) is 9.59 Å². The number of carbonyl (C=O) groups excluding carboxylic acids is 2. The summed E-state index contributed by atoms with van der Waals surface area (Å²) in [6.45, 7) is 11.8. The minimum Gasteiger partial charge on any atom is -0.338 e. The highest BCUT2D eigenvalue weighted by Crippen LogP contribution is 1.94. The average molecular weight is 241 g/mol. The van der Waals surface area contributed by atoms with Gasteiger partial charge in [0.05, 0.1) is 6.54 Å². The van der Waals surface area contributed by atoms with Crippen molar-refractivity contribution in [2.24, 2.45) is 0 Å². The molecule has 0 aliphatic carbocycles. The lowest BCUT2D eigenvalue weighted by atomic mass is 10.3. The maximum atomic E-state index is 11.5. The van der Waals surface area contributed by atoms with Crippen molar-refractivity contribution in [2.45, 2.75) is 27.2 Å². The summed E-state index contributed by atoms with van der Waals surface area (Å²) < 4.78 is 0. The molecule has 0 fully saturated rings. The molecule has 0 spiro atoms. The van der Waals surface area contributed by atoms with Crippen molar-refractivity contribution >= 4 is 11.9 Å². The molecule has 0 aromatic rings. The average Bonchev–Trinajstić information content (AvgIpc) is 2.24. The Hall–Kier alpha value is -1.36. The Bertz CT molecular complexity index is 277. The van der Waals surface area contributed by atoms with Gasteiger partial charge in [-0.1, -0.05) is 26.0 Å². The fourth-order valence-corrected chi connectivity index (χ4v) is 1.31. The molecule has 0 atom stereocenters. The van der Waals surface area contributed by atoms with E-state index in [4.69, 9.17) is 0 Å². The van der Waals surface area contributed by atoms with E-state index in [0.717, 1.165) is 18.5 Å². The third kappa shape index (κ3) is 8.45. The SMILES string of the molecule is C=C(C)CN(CC)CC(=O)NC(=O)NCCC. The number of amides is 3. The molecule has 3 amide bonds. The summed E-state index contributed by atoms with van der Waals surface area (Å²) in [5.41, 5.74) is 0.995. The Morgan fingerprint density at radius 3 is 2.35 bits per heavy atom. The second kappa shape index (κ2) is 8.75. The second-order valence-corrected chi connectivity index (χ2v) is 4.06. The van der Waals surface area contributed by atoms with Gasteiger partial charge in [-0.3, -0.25) is 15.0 Å². The Balaban J connectivity index is 3.97. The Kier molecular flexibility index (Phi) is 8.05. The smallest absolute Gasteiger partial charge is 0.321 e. The first-order valence-electron chi connectivity index (χ1n) is 5.94. The van der Waals surface area contributed by atoms with Gasteiger partial charge in [0.2, 0.25) is 5.91 Å². The zero-order valence-corrected chi connectivity index (χ0v) is 11.0. The first-order valence-corrected chi connectivity index (χ1v) is 5.94. The molecule has 0 unspecified atom stereocenters. The number of nitrogens with zero attached hydrogens (tertiary/aromatic N) is 1. The fourth-order valence-electron chi connectivity index (χ4n) is 1.31. The monoisotopic (exact) mass is 241 g/mol. The van der Waals surface area contributed by atoms with Crippen LogP contribution in [-0.4, -0.2) is 43.0 Å². The van der Waals surface area contributed by atoms with Gasteiger partial charge in [-0.2, -0.15) is 0 Å². The fraction of sp³-hybridized carbons (Fsp3) is 0.667. The molecule has 17 heavy (non-hydrogen) atoms. The topological polar surface area (TPSA) is 61.4 Å². The van der Waals surface area contributed by atoms with Gasteiger partial charge in [0.25, 0.3) is 0 Å². The Morgan fingerprint density at radius 2 is 1.88 bits per heavy atom. The summed E-state index contributed by atoms with van der Waals surface area (Å²) in [6, 6.07) is -0.428. The highest BCUT2D eigenvalue weighted by molar-refractivity contribution is 5.95. The lowest BCUT2D eigenvalue weighted by Crippen LogP contribution is -2.44. The van der Waals surface area contributed by atoms with Crippen LogP contribution in [0, 0.1) is 0 Å². The van der Waals surface area contributed by atoms with E-state index in [1.54, 1.807) is 0 Å².